The average molecular weight is 374 g/mol. The van der Waals surface area contributed by atoms with Crippen LogP contribution in [0.3, 0.4) is 0 Å². The minimum absolute atomic E-state index is 0.0740. The number of anilines is 1. The Balaban J connectivity index is 1.60. The molecule has 7 heteroatoms. The molecule has 7 nitrogen and oxygen atoms in total. The monoisotopic (exact) mass is 374 g/mol. The summed E-state index contributed by atoms with van der Waals surface area (Å²) in [4.78, 5) is 38.8. The van der Waals surface area contributed by atoms with E-state index in [1.54, 1.807) is 7.05 Å². The number of carbonyl (C=O) groups excluding carboxylic acids is 1. The van der Waals surface area contributed by atoms with E-state index in [-0.39, 0.29) is 23.1 Å². The zero-order valence-corrected chi connectivity index (χ0v) is 16.4. The molecule has 1 unspecified atom stereocenters. The van der Waals surface area contributed by atoms with Crippen molar-refractivity contribution in [2.45, 2.75) is 44.9 Å². The van der Waals surface area contributed by atoms with Crippen LogP contribution < -0.4 is 21.5 Å². The van der Waals surface area contributed by atoms with Gasteiger partial charge in [0.25, 0.3) is 5.56 Å². The third-order valence-corrected chi connectivity index (χ3v) is 5.75. The highest BCUT2D eigenvalue weighted by atomic mass is 16.2. The van der Waals surface area contributed by atoms with Crippen molar-refractivity contribution < 1.29 is 4.79 Å². The Hall–Kier alpha value is -2.31. The fourth-order valence-electron chi connectivity index (χ4n) is 4.05. The lowest BCUT2D eigenvalue weighted by molar-refractivity contribution is -0.125. The maximum absolute atomic E-state index is 12.6. The topological polar surface area (TPSA) is 76.3 Å². The van der Waals surface area contributed by atoms with Crippen LogP contribution in [-0.4, -0.2) is 34.7 Å². The summed E-state index contributed by atoms with van der Waals surface area (Å²) >= 11 is 0. The normalized spacial score (nSPS) is 20.3. The Morgan fingerprint density at radius 3 is 2.74 bits per heavy atom. The lowest BCUT2D eigenvalue weighted by Gasteiger charge is -2.34. The summed E-state index contributed by atoms with van der Waals surface area (Å²) in [7, 11) is 3.14. The van der Waals surface area contributed by atoms with Crippen molar-refractivity contribution >= 4 is 11.7 Å². The molecule has 2 aliphatic rings. The summed E-state index contributed by atoms with van der Waals surface area (Å²) in [6.07, 6.45) is 9.81. The Labute approximate surface area is 159 Å². The number of hydrogen-bond donors (Lipinski definition) is 1. The largest absolute Gasteiger partial charge is 0.357 e. The quantitative estimate of drug-likeness (QED) is 0.789. The van der Waals surface area contributed by atoms with Gasteiger partial charge in [0.1, 0.15) is 5.82 Å². The molecule has 0 saturated carbocycles. The number of hydrogen-bond acceptors (Lipinski definition) is 4. The Morgan fingerprint density at radius 2 is 2.00 bits per heavy atom. The van der Waals surface area contributed by atoms with Gasteiger partial charge in [-0.05, 0) is 44.9 Å². The van der Waals surface area contributed by atoms with E-state index < -0.39 is 0 Å². The number of carbonyl (C=O) groups is 1. The van der Waals surface area contributed by atoms with Crippen LogP contribution in [-0.2, 0) is 18.9 Å². The summed E-state index contributed by atoms with van der Waals surface area (Å²) in [5.74, 6) is 0.552. The molecule has 1 amide bonds. The highest BCUT2D eigenvalue weighted by Gasteiger charge is 2.27. The first-order valence-electron chi connectivity index (χ1n) is 9.95. The van der Waals surface area contributed by atoms with E-state index in [4.69, 9.17) is 0 Å². The first-order chi connectivity index (χ1) is 13.0. The molecule has 0 radical (unpaired) electrons. The van der Waals surface area contributed by atoms with E-state index in [2.05, 4.69) is 11.4 Å². The molecular weight excluding hydrogens is 344 g/mol. The van der Waals surface area contributed by atoms with Crippen molar-refractivity contribution in [2.75, 3.05) is 24.5 Å². The smallest absolute Gasteiger partial charge is 0.332 e. The molecular formula is C20H30N4O3. The number of nitrogens with one attached hydrogen (secondary N) is 1. The molecule has 148 valence electrons. The van der Waals surface area contributed by atoms with E-state index in [1.165, 1.54) is 36.1 Å². The number of aromatic nitrogens is 2. The fourth-order valence-corrected chi connectivity index (χ4v) is 4.05. The van der Waals surface area contributed by atoms with Gasteiger partial charge in [0, 0.05) is 39.8 Å². The number of allylic oxidation sites excluding steroid dienone is 1. The van der Waals surface area contributed by atoms with Crippen molar-refractivity contribution in [2.24, 2.45) is 20.0 Å². The maximum atomic E-state index is 12.6. The second kappa shape index (κ2) is 8.59. The van der Waals surface area contributed by atoms with Crippen LogP contribution in [0.2, 0.25) is 0 Å². The third kappa shape index (κ3) is 4.51. The zero-order valence-electron chi connectivity index (χ0n) is 16.4. The van der Waals surface area contributed by atoms with Gasteiger partial charge in [-0.25, -0.2) is 4.79 Å². The molecule has 1 aromatic rings. The molecule has 1 fully saturated rings. The van der Waals surface area contributed by atoms with Crippen molar-refractivity contribution in [3.05, 3.63) is 38.6 Å². The average Bonchev–Trinajstić information content (AvgIpc) is 2.70. The van der Waals surface area contributed by atoms with Gasteiger partial charge >= 0.3 is 5.69 Å². The minimum Gasteiger partial charge on any atom is -0.357 e. The number of piperidine rings is 1. The number of amides is 1. The molecule has 0 spiro atoms. The highest BCUT2D eigenvalue weighted by Crippen LogP contribution is 2.22. The molecule has 0 aromatic carbocycles. The number of nitrogens with zero attached hydrogens (tertiary/aromatic N) is 3. The van der Waals surface area contributed by atoms with E-state index in [0.717, 1.165) is 43.2 Å². The molecule has 2 heterocycles. The van der Waals surface area contributed by atoms with Crippen LogP contribution in [0.4, 0.5) is 5.82 Å². The van der Waals surface area contributed by atoms with E-state index >= 15 is 0 Å². The van der Waals surface area contributed by atoms with Crippen molar-refractivity contribution in [3.63, 3.8) is 0 Å². The highest BCUT2D eigenvalue weighted by molar-refractivity contribution is 5.79. The molecule has 3 rings (SSSR count). The van der Waals surface area contributed by atoms with Gasteiger partial charge in [-0.1, -0.05) is 11.6 Å². The molecule has 1 aliphatic carbocycles. The van der Waals surface area contributed by atoms with Crippen LogP contribution in [0.25, 0.3) is 0 Å². The standard InChI is InChI=1S/C20H30N4O3/c1-22-17(13-18(25)23(2)20(22)27)24-12-6-9-16(14-24)19(26)21-11-10-15-7-4-3-5-8-15/h7,13,16H,3-6,8-12,14H2,1-2H3,(H,21,26). The SMILES string of the molecule is Cn1c(N2CCCC(C(=O)NCCC3=CCCCC3)C2)cc(=O)n(C)c1=O. The Morgan fingerprint density at radius 1 is 1.19 bits per heavy atom. The van der Waals surface area contributed by atoms with Crippen molar-refractivity contribution in [3.8, 4) is 0 Å². The van der Waals surface area contributed by atoms with Crippen LogP contribution in [0.1, 0.15) is 44.9 Å². The molecule has 1 aromatic heterocycles. The molecule has 1 saturated heterocycles. The van der Waals surface area contributed by atoms with Gasteiger partial charge in [-0.2, -0.15) is 0 Å². The summed E-state index contributed by atoms with van der Waals surface area (Å²) in [5, 5.41) is 3.08. The molecule has 0 bridgehead atoms. The summed E-state index contributed by atoms with van der Waals surface area (Å²) in [6.45, 7) is 1.97. The molecule has 1 atom stereocenters. The predicted octanol–water partition coefficient (Wildman–Crippen LogP) is 1.31. The van der Waals surface area contributed by atoms with Gasteiger partial charge in [0.15, 0.2) is 0 Å². The Bertz CT molecular complexity index is 837. The third-order valence-electron chi connectivity index (χ3n) is 5.75. The first kappa shape index (κ1) is 19.5. The Kier molecular flexibility index (Phi) is 6.19. The summed E-state index contributed by atoms with van der Waals surface area (Å²) in [5.41, 5.74) is 0.798. The van der Waals surface area contributed by atoms with Gasteiger partial charge in [-0.15, -0.1) is 0 Å². The van der Waals surface area contributed by atoms with Crippen LogP contribution in [0.5, 0.6) is 0 Å². The van der Waals surface area contributed by atoms with Crippen LogP contribution in [0, 0.1) is 5.92 Å². The second-order valence-electron chi connectivity index (χ2n) is 7.68. The van der Waals surface area contributed by atoms with Crippen LogP contribution in [0.15, 0.2) is 27.3 Å². The summed E-state index contributed by atoms with van der Waals surface area (Å²) in [6, 6.07) is 1.48. The van der Waals surface area contributed by atoms with E-state index in [9.17, 15) is 14.4 Å². The molecule has 1 aliphatic heterocycles. The van der Waals surface area contributed by atoms with E-state index in [0.29, 0.717) is 18.9 Å². The molecule has 1 N–H and O–H groups in total. The van der Waals surface area contributed by atoms with Crippen LogP contribution >= 0.6 is 0 Å². The summed E-state index contributed by atoms with van der Waals surface area (Å²) < 4.78 is 2.58. The molecule has 27 heavy (non-hydrogen) atoms. The first-order valence-corrected chi connectivity index (χ1v) is 9.95. The van der Waals surface area contributed by atoms with E-state index in [1.807, 2.05) is 4.90 Å². The van der Waals surface area contributed by atoms with Gasteiger partial charge < -0.3 is 10.2 Å². The van der Waals surface area contributed by atoms with Gasteiger partial charge in [0.05, 0.1) is 5.92 Å². The lowest BCUT2D eigenvalue weighted by atomic mass is 9.96. The fraction of sp³-hybridized carbons (Fsp3) is 0.650. The zero-order chi connectivity index (χ0) is 19.4. The lowest BCUT2D eigenvalue weighted by Crippen LogP contribution is -2.46. The van der Waals surface area contributed by atoms with Gasteiger partial charge in [0.2, 0.25) is 5.91 Å². The van der Waals surface area contributed by atoms with Crippen molar-refractivity contribution in [1.29, 1.82) is 0 Å². The maximum Gasteiger partial charge on any atom is 0.332 e. The number of rotatable bonds is 5. The van der Waals surface area contributed by atoms with Crippen molar-refractivity contribution in [1.82, 2.24) is 14.5 Å². The van der Waals surface area contributed by atoms with Gasteiger partial charge in [-0.3, -0.25) is 18.7 Å². The predicted molar refractivity (Wildman–Crippen MR) is 106 cm³/mol. The minimum atomic E-state index is -0.343. The second-order valence-corrected chi connectivity index (χ2v) is 7.68.